The molecule has 2 fully saturated rings. The second-order valence-electron chi connectivity index (χ2n) is 8.95. The van der Waals surface area contributed by atoms with Gasteiger partial charge < -0.3 is 10.4 Å². The Morgan fingerprint density at radius 3 is 2.43 bits per heavy atom. The van der Waals surface area contributed by atoms with Crippen LogP contribution in [-0.4, -0.2) is 45.4 Å². The van der Waals surface area contributed by atoms with Gasteiger partial charge >= 0.3 is 0 Å². The molecule has 150 valence electrons. The summed E-state index contributed by atoms with van der Waals surface area (Å²) in [5.74, 6) is -2.90. The molecule has 0 radical (unpaired) electrons. The number of aliphatic hydroxyl groups is 1. The summed E-state index contributed by atoms with van der Waals surface area (Å²) in [5, 5.41) is 16.9. The van der Waals surface area contributed by atoms with E-state index in [0.717, 1.165) is 0 Å². The molecule has 2 saturated heterocycles. The van der Waals surface area contributed by atoms with E-state index in [-0.39, 0.29) is 5.91 Å². The van der Waals surface area contributed by atoms with Crippen molar-refractivity contribution in [2.45, 2.75) is 57.8 Å². The molecule has 3 heterocycles. The molecule has 0 saturated carbocycles. The van der Waals surface area contributed by atoms with Gasteiger partial charge in [0, 0.05) is 22.2 Å². The van der Waals surface area contributed by atoms with Crippen LogP contribution in [0, 0.1) is 18.8 Å². The molecule has 1 spiro atoms. The van der Waals surface area contributed by atoms with E-state index in [1.165, 1.54) is 4.90 Å². The highest BCUT2D eigenvalue weighted by molar-refractivity contribution is 6.32. The van der Waals surface area contributed by atoms with Crippen LogP contribution in [0.25, 0.3) is 0 Å². The number of halogens is 1. The number of fused-ring (bicyclic) bond motifs is 4. The zero-order valence-electron chi connectivity index (χ0n) is 16.5. The average molecular weight is 406 g/mol. The summed E-state index contributed by atoms with van der Waals surface area (Å²) in [5.41, 5.74) is -0.285. The zero-order chi connectivity index (χ0) is 20.8. The number of rotatable bonds is 1. The molecule has 4 rings (SSSR count). The maximum Gasteiger partial charge on any atom is 0.250 e. The lowest BCUT2D eigenvalue weighted by molar-refractivity contribution is -0.148. The van der Waals surface area contributed by atoms with Crippen molar-refractivity contribution in [1.29, 1.82) is 0 Å². The molecular formula is C20H24ClN3O4. The maximum absolute atomic E-state index is 13.5. The molecule has 3 amide bonds. The first kappa shape index (κ1) is 19.4. The number of likely N-dealkylation sites (tertiary alicyclic amines) is 1. The molecule has 8 heteroatoms. The standard InChI is InChI=1S/C20H24ClN3O4/c1-8-11(21)7-6-10-14(8)22-18(28)20(10)13-12(15(23-20)9(2)25)16(26)24(17(13)27)19(3,4)5/h6-7,9,12-13,15,23,25H,1-5H3,(H,22,28). The second kappa shape index (κ2) is 5.78. The number of amides is 3. The van der Waals surface area contributed by atoms with Crippen LogP contribution < -0.4 is 10.6 Å². The van der Waals surface area contributed by atoms with Gasteiger partial charge in [0.2, 0.25) is 17.7 Å². The summed E-state index contributed by atoms with van der Waals surface area (Å²) in [6.07, 6.45) is -0.922. The lowest BCUT2D eigenvalue weighted by atomic mass is 9.76. The van der Waals surface area contributed by atoms with Crippen LogP contribution in [0.5, 0.6) is 0 Å². The molecule has 0 bridgehead atoms. The van der Waals surface area contributed by atoms with Gasteiger partial charge in [0.15, 0.2) is 0 Å². The smallest absolute Gasteiger partial charge is 0.250 e. The van der Waals surface area contributed by atoms with Crippen LogP contribution >= 0.6 is 11.6 Å². The fraction of sp³-hybridized carbons (Fsp3) is 0.550. The summed E-state index contributed by atoms with van der Waals surface area (Å²) < 4.78 is 0. The first-order chi connectivity index (χ1) is 12.9. The normalized spacial score (nSPS) is 32.8. The SMILES string of the molecule is Cc1c(Cl)ccc2c1NC(=O)C21NC(C(C)O)C2C(=O)N(C(C)(C)C)C(=O)C21. The van der Waals surface area contributed by atoms with Crippen LogP contribution in [0.3, 0.4) is 0 Å². The Balaban J connectivity index is 1.96. The Hall–Kier alpha value is -1.96. The van der Waals surface area contributed by atoms with Crippen molar-refractivity contribution in [2.75, 3.05) is 5.32 Å². The third-order valence-corrected chi connectivity index (χ3v) is 6.62. The van der Waals surface area contributed by atoms with E-state index < -0.39 is 46.9 Å². The van der Waals surface area contributed by atoms with Gasteiger partial charge in [-0.2, -0.15) is 0 Å². The Bertz CT molecular complexity index is 923. The van der Waals surface area contributed by atoms with Crippen LogP contribution in [-0.2, 0) is 19.9 Å². The fourth-order valence-corrected chi connectivity index (χ4v) is 5.15. The molecule has 5 atom stereocenters. The second-order valence-corrected chi connectivity index (χ2v) is 9.36. The highest BCUT2D eigenvalue weighted by Gasteiger charge is 2.72. The topological polar surface area (TPSA) is 98.7 Å². The van der Waals surface area contributed by atoms with Gasteiger partial charge in [0.05, 0.1) is 23.6 Å². The molecular weight excluding hydrogens is 382 g/mol. The number of benzene rings is 1. The van der Waals surface area contributed by atoms with Crippen molar-refractivity contribution >= 4 is 35.0 Å². The summed E-state index contributed by atoms with van der Waals surface area (Å²) in [6.45, 7) is 8.71. The largest absolute Gasteiger partial charge is 0.392 e. The monoisotopic (exact) mass is 405 g/mol. The highest BCUT2D eigenvalue weighted by Crippen LogP contribution is 2.55. The van der Waals surface area contributed by atoms with Crippen LogP contribution in [0.4, 0.5) is 5.69 Å². The number of aliphatic hydroxyl groups excluding tert-OH is 1. The third kappa shape index (κ3) is 2.21. The minimum atomic E-state index is -1.41. The van der Waals surface area contributed by atoms with E-state index >= 15 is 0 Å². The fourth-order valence-electron chi connectivity index (χ4n) is 5.00. The van der Waals surface area contributed by atoms with E-state index in [9.17, 15) is 19.5 Å². The van der Waals surface area contributed by atoms with Gasteiger partial charge in [-0.1, -0.05) is 17.7 Å². The average Bonchev–Trinajstić information content (AvgIpc) is 3.16. The Morgan fingerprint density at radius 1 is 1.21 bits per heavy atom. The number of imide groups is 1. The van der Waals surface area contributed by atoms with Gasteiger partial charge in [0.25, 0.3) is 0 Å². The van der Waals surface area contributed by atoms with Gasteiger partial charge in [-0.15, -0.1) is 0 Å². The first-order valence-corrected chi connectivity index (χ1v) is 9.75. The summed E-state index contributed by atoms with van der Waals surface area (Å²) >= 11 is 6.22. The predicted molar refractivity (Wildman–Crippen MR) is 104 cm³/mol. The molecule has 1 aromatic carbocycles. The number of carbonyl (C=O) groups excluding carboxylic acids is 3. The van der Waals surface area contributed by atoms with Crippen molar-refractivity contribution in [1.82, 2.24) is 10.2 Å². The molecule has 3 aliphatic heterocycles. The molecule has 28 heavy (non-hydrogen) atoms. The Morgan fingerprint density at radius 2 is 1.86 bits per heavy atom. The number of carbonyl (C=O) groups is 3. The first-order valence-electron chi connectivity index (χ1n) is 9.37. The molecule has 0 aliphatic carbocycles. The summed E-state index contributed by atoms with van der Waals surface area (Å²) in [7, 11) is 0. The predicted octanol–water partition coefficient (Wildman–Crippen LogP) is 1.55. The number of hydrogen-bond donors (Lipinski definition) is 3. The summed E-state index contributed by atoms with van der Waals surface area (Å²) in [4.78, 5) is 41.2. The Kier molecular flexibility index (Phi) is 4.00. The molecule has 0 aromatic heterocycles. The molecule has 3 aliphatic rings. The third-order valence-electron chi connectivity index (χ3n) is 6.21. The quantitative estimate of drug-likeness (QED) is 0.616. The molecule has 7 nitrogen and oxygen atoms in total. The van der Waals surface area contributed by atoms with Crippen molar-refractivity contribution in [3.63, 3.8) is 0 Å². The zero-order valence-corrected chi connectivity index (χ0v) is 17.2. The molecule has 3 N–H and O–H groups in total. The number of nitrogens with zero attached hydrogens (tertiary/aromatic N) is 1. The van der Waals surface area contributed by atoms with Crippen molar-refractivity contribution in [2.24, 2.45) is 11.8 Å². The number of hydrogen-bond acceptors (Lipinski definition) is 5. The maximum atomic E-state index is 13.5. The van der Waals surface area contributed by atoms with E-state index in [4.69, 9.17) is 11.6 Å². The lowest BCUT2D eigenvalue weighted by Gasteiger charge is -2.35. The number of nitrogens with one attached hydrogen (secondary N) is 2. The van der Waals surface area contributed by atoms with Crippen molar-refractivity contribution < 1.29 is 19.5 Å². The van der Waals surface area contributed by atoms with Crippen molar-refractivity contribution in [3.05, 3.63) is 28.3 Å². The summed E-state index contributed by atoms with van der Waals surface area (Å²) in [6, 6.07) is 2.68. The Labute approximate surface area is 168 Å². The van der Waals surface area contributed by atoms with E-state index in [1.807, 2.05) is 0 Å². The van der Waals surface area contributed by atoms with Gasteiger partial charge in [0.1, 0.15) is 5.54 Å². The molecule has 1 aromatic rings. The van der Waals surface area contributed by atoms with Crippen LogP contribution in [0.1, 0.15) is 38.8 Å². The highest BCUT2D eigenvalue weighted by atomic mass is 35.5. The minimum absolute atomic E-state index is 0.357. The lowest BCUT2D eigenvalue weighted by Crippen LogP contribution is -2.57. The van der Waals surface area contributed by atoms with E-state index in [2.05, 4.69) is 10.6 Å². The number of anilines is 1. The van der Waals surface area contributed by atoms with Crippen LogP contribution in [0.2, 0.25) is 5.02 Å². The van der Waals surface area contributed by atoms with Gasteiger partial charge in [-0.25, -0.2) is 0 Å². The van der Waals surface area contributed by atoms with Crippen LogP contribution in [0.15, 0.2) is 12.1 Å². The minimum Gasteiger partial charge on any atom is -0.392 e. The van der Waals surface area contributed by atoms with E-state index in [1.54, 1.807) is 46.8 Å². The van der Waals surface area contributed by atoms with E-state index in [0.29, 0.717) is 21.8 Å². The van der Waals surface area contributed by atoms with Gasteiger partial charge in [-0.3, -0.25) is 24.6 Å². The van der Waals surface area contributed by atoms with Gasteiger partial charge in [-0.05, 0) is 46.2 Å². The van der Waals surface area contributed by atoms with Crippen molar-refractivity contribution in [3.8, 4) is 0 Å². The molecule has 5 unspecified atom stereocenters.